The van der Waals surface area contributed by atoms with Gasteiger partial charge in [-0.25, -0.2) is 13.4 Å². The number of alkyl halides is 1. The Morgan fingerprint density at radius 1 is 1.39 bits per heavy atom. The van der Waals surface area contributed by atoms with Crippen LogP contribution in [0.5, 0.6) is 0 Å². The van der Waals surface area contributed by atoms with Crippen molar-refractivity contribution in [3.63, 3.8) is 0 Å². The lowest BCUT2D eigenvalue weighted by molar-refractivity contribution is 0.543. The number of aromatic nitrogens is 2. The van der Waals surface area contributed by atoms with Crippen LogP contribution >= 0.6 is 11.6 Å². The van der Waals surface area contributed by atoms with Crippen molar-refractivity contribution in [1.82, 2.24) is 9.55 Å². The van der Waals surface area contributed by atoms with Gasteiger partial charge in [-0.05, 0) is 27.2 Å². The maximum absolute atomic E-state index is 12.2. The first-order valence-corrected chi connectivity index (χ1v) is 7.77. The van der Waals surface area contributed by atoms with Crippen molar-refractivity contribution >= 4 is 21.4 Å². The molecular weight excluding hydrogens is 276 g/mol. The van der Waals surface area contributed by atoms with Crippen molar-refractivity contribution in [2.24, 2.45) is 0 Å². The maximum atomic E-state index is 12.2. The first-order valence-electron chi connectivity index (χ1n) is 5.69. The Hall–Kier alpha value is -0.880. The fraction of sp³-hybridized carbons (Fsp3) is 0.636. The van der Waals surface area contributed by atoms with Gasteiger partial charge in [0.1, 0.15) is 0 Å². The van der Waals surface area contributed by atoms with Crippen LogP contribution in [0.2, 0.25) is 0 Å². The summed E-state index contributed by atoms with van der Waals surface area (Å²) in [5.41, 5.74) is -0.575. The van der Waals surface area contributed by atoms with Gasteiger partial charge >= 0.3 is 0 Å². The molecular formula is C11H17ClN2O3S. The molecule has 102 valence electrons. The molecule has 0 N–H and O–H groups in total. The van der Waals surface area contributed by atoms with E-state index in [-0.39, 0.29) is 11.9 Å². The zero-order valence-electron chi connectivity index (χ0n) is 10.6. The standard InChI is InChI=1S/C11H17ClN2O3S/c1-8(2)14-7-6-13-10(11(14)15)18(16,17)9(3)4-5-12/h6-9H,4-5H2,1-3H3. The molecule has 0 fully saturated rings. The average molecular weight is 293 g/mol. The van der Waals surface area contributed by atoms with E-state index in [1.807, 2.05) is 0 Å². The van der Waals surface area contributed by atoms with Crippen LogP contribution in [0.25, 0.3) is 0 Å². The Morgan fingerprint density at radius 3 is 2.50 bits per heavy atom. The maximum Gasteiger partial charge on any atom is 0.288 e. The third-order valence-electron chi connectivity index (χ3n) is 2.71. The molecule has 0 bridgehead atoms. The molecule has 0 aliphatic heterocycles. The lowest BCUT2D eigenvalue weighted by Gasteiger charge is -2.13. The molecule has 0 amide bonds. The molecule has 1 aromatic rings. The molecule has 1 rings (SSSR count). The first-order chi connectivity index (χ1) is 8.32. The minimum Gasteiger partial charge on any atom is -0.309 e. The largest absolute Gasteiger partial charge is 0.309 e. The molecule has 1 unspecified atom stereocenters. The summed E-state index contributed by atoms with van der Waals surface area (Å²) in [6, 6.07) is -0.113. The number of hydrogen-bond acceptors (Lipinski definition) is 4. The minimum absolute atomic E-state index is 0.113. The van der Waals surface area contributed by atoms with E-state index < -0.39 is 25.7 Å². The molecule has 18 heavy (non-hydrogen) atoms. The van der Waals surface area contributed by atoms with Crippen LogP contribution in [0.4, 0.5) is 0 Å². The molecule has 7 heteroatoms. The lowest BCUT2D eigenvalue weighted by Crippen LogP contribution is -2.32. The quantitative estimate of drug-likeness (QED) is 0.773. The highest BCUT2D eigenvalue weighted by molar-refractivity contribution is 7.91. The van der Waals surface area contributed by atoms with Gasteiger partial charge in [0.05, 0.1) is 5.25 Å². The predicted molar refractivity (Wildman–Crippen MR) is 70.9 cm³/mol. The van der Waals surface area contributed by atoms with Gasteiger partial charge < -0.3 is 4.57 Å². The van der Waals surface area contributed by atoms with E-state index in [0.29, 0.717) is 6.42 Å². The van der Waals surface area contributed by atoms with Crippen molar-refractivity contribution in [2.45, 2.75) is 43.5 Å². The Balaban J connectivity index is 3.35. The third kappa shape index (κ3) is 2.92. The van der Waals surface area contributed by atoms with E-state index in [1.165, 1.54) is 23.9 Å². The second kappa shape index (κ2) is 5.84. The van der Waals surface area contributed by atoms with Crippen LogP contribution in [-0.2, 0) is 9.84 Å². The van der Waals surface area contributed by atoms with E-state index in [4.69, 9.17) is 11.6 Å². The molecule has 0 aliphatic carbocycles. The van der Waals surface area contributed by atoms with Crippen LogP contribution in [-0.4, -0.2) is 29.1 Å². The summed E-state index contributed by atoms with van der Waals surface area (Å²) >= 11 is 5.54. The fourth-order valence-corrected chi connectivity index (χ4v) is 3.33. The summed E-state index contributed by atoms with van der Waals surface area (Å²) in [5, 5.41) is -1.10. The summed E-state index contributed by atoms with van der Waals surface area (Å²) < 4.78 is 25.7. The van der Waals surface area contributed by atoms with Gasteiger partial charge in [-0.3, -0.25) is 4.79 Å². The van der Waals surface area contributed by atoms with E-state index in [0.717, 1.165) is 0 Å². The molecule has 0 saturated heterocycles. The van der Waals surface area contributed by atoms with Gasteiger partial charge in [-0.15, -0.1) is 11.6 Å². The van der Waals surface area contributed by atoms with Crippen LogP contribution in [0.15, 0.2) is 22.2 Å². The average Bonchev–Trinajstić information content (AvgIpc) is 2.28. The molecule has 0 aromatic carbocycles. The van der Waals surface area contributed by atoms with Crippen LogP contribution in [0.3, 0.4) is 0 Å². The Kier molecular flexibility index (Phi) is 4.92. The molecule has 1 atom stereocenters. The topological polar surface area (TPSA) is 69.0 Å². The van der Waals surface area contributed by atoms with Crippen molar-refractivity contribution in [1.29, 1.82) is 0 Å². The highest BCUT2D eigenvalue weighted by Crippen LogP contribution is 2.14. The molecule has 0 saturated carbocycles. The zero-order chi connectivity index (χ0) is 13.9. The van der Waals surface area contributed by atoms with E-state index in [9.17, 15) is 13.2 Å². The second-order valence-electron chi connectivity index (χ2n) is 4.37. The van der Waals surface area contributed by atoms with E-state index >= 15 is 0 Å². The van der Waals surface area contributed by atoms with Gasteiger partial charge in [0.2, 0.25) is 14.9 Å². The van der Waals surface area contributed by atoms with Gasteiger partial charge in [0.15, 0.2) is 0 Å². The van der Waals surface area contributed by atoms with Crippen LogP contribution in [0.1, 0.15) is 33.2 Å². The van der Waals surface area contributed by atoms with Crippen molar-refractivity contribution in [3.8, 4) is 0 Å². The number of hydrogen-bond donors (Lipinski definition) is 0. The Morgan fingerprint density at radius 2 is 2.00 bits per heavy atom. The molecule has 1 heterocycles. The van der Waals surface area contributed by atoms with Gasteiger partial charge in [0.25, 0.3) is 5.56 Å². The Labute approximate surface area is 112 Å². The smallest absolute Gasteiger partial charge is 0.288 e. The SMILES string of the molecule is CC(C)n1ccnc(S(=O)(=O)C(C)CCCl)c1=O. The van der Waals surface area contributed by atoms with Crippen LogP contribution in [0, 0.1) is 0 Å². The monoisotopic (exact) mass is 292 g/mol. The van der Waals surface area contributed by atoms with Crippen molar-refractivity contribution in [3.05, 3.63) is 22.7 Å². The number of halogens is 1. The Bertz CT molecular complexity index is 566. The zero-order valence-corrected chi connectivity index (χ0v) is 12.2. The highest BCUT2D eigenvalue weighted by atomic mass is 35.5. The molecule has 0 aliphatic rings. The number of nitrogens with zero attached hydrogens (tertiary/aromatic N) is 2. The number of sulfone groups is 1. The summed E-state index contributed by atoms with van der Waals surface area (Å²) in [5.74, 6) is 0.228. The fourth-order valence-electron chi connectivity index (χ4n) is 1.51. The summed E-state index contributed by atoms with van der Waals surface area (Å²) in [7, 11) is -3.72. The number of rotatable bonds is 5. The molecule has 0 radical (unpaired) electrons. The summed E-state index contributed by atoms with van der Waals surface area (Å²) in [6.07, 6.45) is 3.11. The third-order valence-corrected chi connectivity index (χ3v) is 5.04. The van der Waals surface area contributed by atoms with E-state index in [2.05, 4.69) is 4.98 Å². The van der Waals surface area contributed by atoms with Gasteiger partial charge in [-0.2, -0.15) is 0 Å². The molecule has 5 nitrogen and oxygen atoms in total. The predicted octanol–water partition coefficient (Wildman–Crippen LogP) is 1.62. The summed E-state index contributed by atoms with van der Waals surface area (Å²) in [6.45, 7) is 5.14. The summed E-state index contributed by atoms with van der Waals surface area (Å²) in [4.78, 5) is 15.8. The van der Waals surface area contributed by atoms with Gasteiger partial charge in [0, 0.05) is 24.3 Å². The second-order valence-corrected chi connectivity index (χ2v) is 7.03. The van der Waals surface area contributed by atoms with Crippen LogP contribution < -0.4 is 5.56 Å². The van der Waals surface area contributed by atoms with Crippen molar-refractivity contribution < 1.29 is 8.42 Å². The van der Waals surface area contributed by atoms with Gasteiger partial charge in [-0.1, -0.05) is 0 Å². The highest BCUT2D eigenvalue weighted by Gasteiger charge is 2.28. The molecule has 0 spiro atoms. The normalized spacial score (nSPS) is 13.8. The minimum atomic E-state index is -3.72. The van der Waals surface area contributed by atoms with E-state index in [1.54, 1.807) is 13.8 Å². The lowest BCUT2D eigenvalue weighted by atomic mass is 10.4. The van der Waals surface area contributed by atoms with Crippen molar-refractivity contribution in [2.75, 3.05) is 5.88 Å². The molecule has 1 aromatic heterocycles. The first kappa shape index (κ1) is 15.2.